The van der Waals surface area contributed by atoms with Crippen LogP contribution in [0.1, 0.15) is 25.0 Å². The van der Waals surface area contributed by atoms with Gasteiger partial charge in [-0.3, -0.25) is 9.69 Å². The Balaban J connectivity index is 2.60. The fraction of sp³-hybridized carbons (Fsp3) is 0.462. The summed E-state index contributed by atoms with van der Waals surface area (Å²) in [6.45, 7) is 4.65. The zero-order valence-corrected chi connectivity index (χ0v) is 9.58. The van der Waals surface area contributed by atoms with Crippen LogP contribution in [0.4, 0.5) is 0 Å². The van der Waals surface area contributed by atoms with Gasteiger partial charge in [0.1, 0.15) is 5.54 Å². The van der Waals surface area contributed by atoms with E-state index in [1.807, 2.05) is 26.1 Å². The van der Waals surface area contributed by atoms with E-state index < -0.39 is 5.54 Å². The molecule has 0 aliphatic carbocycles. The minimum atomic E-state index is -0.436. The Morgan fingerprint density at radius 1 is 1.40 bits per heavy atom. The molecule has 1 heterocycles. The standard InChI is InChI=1S/C13H17NO/c1-10(15)13(2)12-7-5-4-6-11(12)8-9-14(13)3/h4-7H,8-9H2,1-3H3. The predicted molar refractivity (Wildman–Crippen MR) is 60.8 cm³/mol. The lowest BCUT2D eigenvalue weighted by Crippen LogP contribution is -2.50. The molecule has 0 aromatic heterocycles. The van der Waals surface area contributed by atoms with E-state index in [0.717, 1.165) is 13.0 Å². The zero-order chi connectivity index (χ0) is 11.1. The molecular formula is C13H17NO. The van der Waals surface area contributed by atoms with Crippen molar-refractivity contribution < 1.29 is 4.79 Å². The summed E-state index contributed by atoms with van der Waals surface area (Å²) in [5, 5.41) is 0. The third-order valence-electron chi connectivity index (χ3n) is 3.71. The van der Waals surface area contributed by atoms with Gasteiger partial charge < -0.3 is 0 Å². The molecule has 1 aliphatic rings. The van der Waals surface area contributed by atoms with Gasteiger partial charge in [-0.25, -0.2) is 0 Å². The van der Waals surface area contributed by atoms with Crippen molar-refractivity contribution in [3.63, 3.8) is 0 Å². The number of hydrogen-bond acceptors (Lipinski definition) is 2. The first kappa shape index (κ1) is 10.4. The van der Waals surface area contributed by atoms with E-state index in [2.05, 4.69) is 17.0 Å². The van der Waals surface area contributed by atoms with Crippen molar-refractivity contribution in [2.24, 2.45) is 0 Å². The van der Waals surface area contributed by atoms with Gasteiger partial charge in [-0.1, -0.05) is 24.3 Å². The Kier molecular flexibility index (Phi) is 2.39. The largest absolute Gasteiger partial charge is 0.298 e. The maximum atomic E-state index is 11.9. The molecule has 1 aromatic rings. The van der Waals surface area contributed by atoms with E-state index in [1.54, 1.807) is 6.92 Å². The number of benzene rings is 1. The first-order valence-electron chi connectivity index (χ1n) is 5.37. The molecule has 2 heteroatoms. The lowest BCUT2D eigenvalue weighted by atomic mass is 9.80. The average Bonchev–Trinajstić information content (AvgIpc) is 2.23. The topological polar surface area (TPSA) is 20.3 Å². The maximum Gasteiger partial charge on any atom is 0.154 e. The molecule has 0 fully saturated rings. The first-order chi connectivity index (χ1) is 7.06. The van der Waals surface area contributed by atoms with Gasteiger partial charge in [0, 0.05) is 6.54 Å². The second kappa shape index (κ2) is 3.46. The molecule has 0 spiro atoms. The van der Waals surface area contributed by atoms with Gasteiger partial charge >= 0.3 is 0 Å². The summed E-state index contributed by atoms with van der Waals surface area (Å²) in [7, 11) is 2.03. The Morgan fingerprint density at radius 2 is 2.07 bits per heavy atom. The van der Waals surface area contributed by atoms with E-state index in [0.29, 0.717) is 0 Å². The highest BCUT2D eigenvalue weighted by Gasteiger charge is 2.40. The van der Waals surface area contributed by atoms with Crippen molar-refractivity contribution in [3.8, 4) is 0 Å². The molecule has 2 nitrogen and oxygen atoms in total. The van der Waals surface area contributed by atoms with Gasteiger partial charge in [0.15, 0.2) is 5.78 Å². The number of rotatable bonds is 1. The number of likely N-dealkylation sites (N-methyl/N-ethyl adjacent to an activating group) is 1. The molecule has 1 atom stereocenters. The fourth-order valence-corrected chi connectivity index (χ4v) is 2.39. The van der Waals surface area contributed by atoms with Crippen LogP contribution in [0.25, 0.3) is 0 Å². The van der Waals surface area contributed by atoms with Crippen molar-refractivity contribution in [3.05, 3.63) is 35.4 Å². The summed E-state index contributed by atoms with van der Waals surface area (Å²) in [6.07, 6.45) is 1.04. The molecule has 1 aliphatic heterocycles. The van der Waals surface area contributed by atoms with Crippen LogP contribution in [-0.2, 0) is 16.8 Å². The summed E-state index contributed by atoms with van der Waals surface area (Å²) >= 11 is 0. The minimum absolute atomic E-state index is 0.220. The number of Topliss-reactive ketones (excluding diaryl/α,β-unsaturated/α-hetero) is 1. The molecule has 0 bridgehead atoms. The Bertz CT molecular complexity index is 399. The van der Waals surface area contributed by atoms with E-state index in [9.17, 15) is 4.79 Å². The van der Waals surface area contributed by atoms with Crippen molar-refractivity contribution in [2.45, 2.75) is 25.8 Å². The van der Waals surface area contributed by atoms with E-state index >= 15 is 0 Å². The van der Waals surface area contributed by atoms with Crippen LogP contribution < -0.4 is 0 Å². The van der Waals surface area contributed by atoms with Gasteiger partial charge in [0.25, 0.3) is 0 Å². The van der Waals surface area contributed by atoms with Crippen LogP contribution in [0.2, 0.25) is 0 Å². The van der Waals surface area contributed by atoms with Crippen LogP contribution >= 0.6 is 0 Å². The Hall–Kier alpha value is -1.15. The summed E-state index contributed by atoms with van der Waals surface area (Å²) in [6, 6.07) is 8.26. The van der Waals surface area contributed by atoms with Crippen molar-refractivity contribution in [2.75, 3.05) is 13.6 Å². The fourth-order valence-electron chi connectivity index (χ4n) is 2.39. The number of carbonyl (C=O) groups is 1. The van der Waals surface area contributed by atoms with Gasteiger partial charge in [-0.15, -0.1) is 0 Å². The summed E-state index contributed by atoms with van der Waals surface area (Å²) < 4.78 is 0. The van der Waals surface area contributed by atoms with Crippen molar-refractivity contribution >= 4 is 5.78 Å². The quantitative estimate of drug-likeness (QED) is 0.695. The lowest BCUT2D eigenvalue weighted by molar-refractivity contribution is -0.128. The average molecular weight is 203 g/mol. The Labute approximate surface area is 90.9 Å². The molecule has 0 amide bonds. The molecule has 0 radical (unpaired) electrons. The summed E-state index contributed by atoms with van der Waals surface area (Å²) in [5.74, 6) is 0.220. The van der Waals surface area contributed by atoms with Crippen molar-refractivity contribution in [1.29, 1.82) is 0 Å². The highest BCUT2D eigenvalue weighted by Crippen LogP contribution is 2.34. The van der Waals surface area contributed by atoms with Crippen LogP contribution in [0.15, 0.2) is 24.3 Å². The van der Waals surface area contributed by atoms with Gasteiger partial charge in [-0.2, -0.15) is 0 Å². The number of nitrogens with zero attached hydrogens (tertiary/aromatic N) is 1. The monoisotopic (exact) mass is 203 g/mol. The lowest BCUT2D eigenvalue weighted by Gasteiger charge is -2.42. The molecular weight excluding hydrogens is 186 g/mol. The third-order valence-corrected chi connectivity index (χ3v) is 3.71. The number of carbonyl (C=O) groups excluding carboxylic acids is 1. The normalized spacial score (nSPS) is 26.1. The predicted octanol–water partition coefficient (Wildman–Crippen LogP) is 1.98. The summed E-state index contributed by atoms with van der Waals surface area (Å²) in [5.41, 5.74) is 2.05. The van der Waals surface area contributed by atoms with E-state index in [-0.39, 0.29) is 5.78 Å². The SMILES string of the molecule is CC(=O)C1(C)c2ccccc2CCN1C. The Morgan fingerprint density at radius 3 is 2.73 bits per heavy atom. The number of fused-ring (bicyclic) bond motifs is 1. The van der Waals surface area contributed by atoms with Crippen LogP contribution in [0, 0.1) is 0 Å². The molecule has 2 rings (SSSR count). The van der Waals surface area contributed by atoms with Crippen LogP contribution in [-0.4, -0.2) is 24.3 Å². The molecule has 1 aromatic carbocycles. The van der Waals surface area contributed by atoms with Gasteiger partial charge in [0.2, 0.25) is 0 Å². The smallest absolute Gasteiger partial charge is 0.154 e. The summed E-state index contributed by atoms with van der Waals surface area (Å²) in [4.78, 5) is 14.0. The zero-order valence-electron chi connectivity index (χ0n) is 9.58. The van der Waals surface area contributed by atoms with Gasteiger partial charge in [0.05, 0.1) is 0 Å². The first-order valence-corrected chi connectivity index (χ1v) is 5.37. The molecule has 0 saturated heterocycles. The molecule has 0 saturated carbocycles. The molecule has 80 valence electrons. The minimum Gasteiger partial charge on any atom is -0.298 e. The highest BCUT2D eigenvalue weighted by molar-refractivity contribution is 5.87. The second-order valence-electron chi connectivity index (χ2n) is 4.46. The molecule has 1 unspecified atom stereocenters. The highest BCUT2D eigenvalue weighted by atomic mass is 16.1. The maximum absolute atomic E-state index is 11.9. The molecule has 15 heavy (non-hydrogen) atoms. The number of hydrogen-bond donors (Lipinski definition) is 0. The van der Waals surface area contributed by atoms with Crippen LogP contribution in [0.5, 0.6) is 0 Å². The van der Waals surface area contributed by atoms with E-state index in [1.165, 1.54) is 11.1 Å². The molecule has 0 N–H and O–H groups in total. The van der Waals surface area contributed by atoms with Crippen molar-refractivity contribution in [1.82, 2.24) is 4.90 Å². The van der Waals surface area contributed by atoms with Gasteiger partial charge in [-0.05, 0) is 38.4 Å². The third kappa shape index (κ3) is 1.40. The number of ketones is 1. The van der Waals surface area contributed by atoms with E-state index in [4.69, 9.17) is 0 Å². The van der Waals surface area contributed by atoms with Crippen LogP contribution in [0.3, 0.4) is 0 Å². The second-order valence-corrected chi connectivity index (χ2v) is 4.46.